The van der Waals surface area contributed by atoms with Crippen LogP contribution in [0.2, 0.25) is 5.02 Å². The lowest BCUT2D eigenvalue weighted by atomic mass is 10.2. The molecule has 0 N–H and O–H groups in total. The SMILES string of the molecule is CCCCN(C(=O)c1cc(Cl)cc(Br)c1)C1CC1. The Hall–Kier alpha value is -0.540. The molecule has 1 aliphatic rings. The van der Waals surface area contributed by atoms with Gasteiger partial charge in [0.15, 0.2) is 0 Å². The molecule has 18 heavy (non-hydrogen) atoms. The third-order valence-corrected chi connectivity index (χ3v) is 3.79. The van der Waals surface area contributed by atoms with E-state index in [0.29, 0.717) is 16.6 Å². The summed E-state index contributed by atoms with van der Waals surface area (Å²) in [7, 11) is 0. The first-order valence-corrected chi connectivity index (χ1v) is 7.56. The van der Waals surface area contributed by atoms with Crippen LogP contribution in [-0.2, 0) is 0 Å². The summed E-state index contributed by atoms with van der Waals surface area (Å²) in [6.45, 7) is 3.00. The van der Waals surface area contributed by atoms with E-state index in [0.717, 1.165) is 36.7 Å². The van der Waals surface area contributed by atoms with Crippen LogP contribution in [0, 0.1) is 0 Å². The summed E-state index contributed by atoms with van der Waals surface area (Å²) in [5.41, 5.74) is 0.678. The minimum atomic E-state index is 0.106. The second-order valence-corrected chi connectivity index (χ2v) is 6.09. The molecule has 2 nitrogen and oxygen atoms in total. The predicted molar refractivity (Wildman–Crippen MR) is 78.1 cm³/mol. The monoisotopic (exact) mass is 329 g/mol. The van der Waals surface area contributed by atoms with E-state index in [9.17, 15) is 4.79 Å². The van der Waals surface area contributed by atoms with Gasteiger partial charge in [0, 0.05) is 27.6 Å². The van der Waals surface area contributed by atoms with E-state index in [1.165, 1.54) is 0 Å². The maximum absolute atomic E-state index is 12.5. The average molecular weight is 331 g/mol. The molecule has 0 radical (unpaired) electrons. The van der Waals surface area contributed by atoms with Crippen molar-refractivity contribution < 1.29 is 4.79 Å². The van der Waals surface area contributed by atoms with Crippen LogP contribution in [0.25, 0.3) is 0 Å². The number of hydrogen-bond donors (Lipinski definition) is 0. The second kappa shape index (κ2) is 6.07. The molecule has 1 aromatic carbocycles. The number of carbonyl (C=O) groups is 1. The van der Waals surface area contributed by atoms with E-state index in [1.54, 1.807) is 12.1 Å². The molecule has 0 aromatic heterocycles. The summed E-state index contributed by atoms with van der Waals surface area (Å²) < 4.78 is 0.851. The number of unbranched alkanes of at least 4 members (excludes halogenated alkanes) is 1. The third kappa shape index (κ3) is 3.48. The van der Waals surface area contributed by atoms with Crippen molar-refractivity contribution in [2.24, 2.45) is 0 Å². The zero-order valence-electron chi connectivity index (χ0n) is 10.5. The molecular formula is C14H17BrClNO. The van der Waals surface area contributed by atoms with E-state index in [2.05, 4.69) is 22.9 Å². The molecule has 1 amide bonds. The lowest BCUT2D eigenvalue weighted by molar-refractivity contribution is 0.0740. The van der Waals surface area contributed by atoms with Gasteiger partial charge in [0.2, 0.25) is 0 Å². The van der Waals surface area contributed by atoms with E-state index >= 15 is 0 Å². The van der Waals surface area contributed by atoms with Crippen LogP contribution >= 0.6 is 27.5 Å². The van der Waals surface area contributed by atoms with Crippen LogP contribution in [0.15, 0.2) is 22.7 Å². The van der Waals surface area contributed by atoms with E-state index < -0.39 is 0 Å². The van der Waals surface area contributed by atoms with Crippen LogP contribution in [0.4, 0.5) is 0 Å². The molecule has 0 atom stereocenters. The van der Waals surface area contributed by atoms with E-state index in [1.807, 2.05) is 11.0 Å². The van der Waals surface area contributed by atoms with Crippen molar-refractivity contribution in [3.8, 4) is 0 Å². The summed E-state index contributed by atoms with van der Waals surface area (Å²) in [5, 5.41) is 0.596. The van der Waals surface area contributed by atoms with Crippen molar-refractivity contribution >= 4 is 33.4 Å². The fraction of sp³-hybridized carbons (Fsp3) is 0.500. The van der Waals surface area contributed by atoms with Gasteiger partial charge in [0.25, 0.3) is 5.91 Å². The highest BCUT2D eigenvalue weighted by molar-refractivity contribution is 9.10. The molecule has 4 heteroatoms. The fourth-order valence-electron chi connectivity index (χ4n) is 2.01. The smallest absolute Gasteiger partial charge is 0.254 e. The van der Waals surface area contributed by atoms with Gasteiger partial charge in [-0.2, -0.15) is 0 Å². The maximum Gasteiger partial charge on any atom is 0.254 e. The van der Waals surface area contributed by atoms with Gasteiger partial charge in [0.1, 0.15) is 0 Å². The zero-order valence-corrected chi connectivity index (χ0v) is 12.8. The van der Waals surface area contributed by atoms with Crippen molar-refractivity contribution in [1.82, 2.24) is 4.90 Å². The molecule has 0 aliphatic heterocycles. The Morgan fingerprint density at radius 3 is 2.72 bits per heavy atom. The van der Waals surface area contributed by atoms with Gasteiger partial charge in [-0.1, -0.05) is 40.9 Å². The first-order chi connectivity index (χ1) is 8.61. The number of rotatable bonds is 5. The minimum absolute atomic E-state index is 0.106. The van der Waals surface area contributed by atoms with Crippen LogP contribution in [0.3, 0.4) is 0 Å². The highest BCUT2D eigenvalue weighted by atomic mass is 79.9. The van der Waals surface area contributed by atoms with Gasteiger partial charge in [-0.15, -0.1) is 0 Å². The van der Waals surface area contributed by atoms with Gasteiger partial charge < -0.3 is 4.90 Å². The number of nitrogens with zero attached hydrogens (tertiary/aromatic N) is 1. The first-order valence-electron chi connectivity index (χ1n) is 6.39. The van der Waals surface area contributed by atoms with Gasteiger partial charge in [-0.3, -0.25) is 4.79 Å². The molecule has 0 saturated heterocycles. The molecule has 0 heterocycles. The van der Waals surface area contributed by atoms with Crippen molar-refractivity contribution in [3.63, 3.8) is 0 Å². The largest absolute Gasteiger partial charge is 0.336 e. The Morgan fingerprint density at radius 1 is 1.44 bits per heavy atom. The number of carbonyl (C=O) groups excluding carboxylic acids is 1. The van der Waals surface area contributed by atoms with Crippen molar-refractivity contribution in [3.05, 3.63) is 33.3 Å². The summed E-state index contributed by atoms with van der Waals surface area (Å²) in [6, 6.07) is 5.83. The Morgan fingerprint density at radius 2 is 2.17 bits per heavy atom. The molecular weight excluding hydrogens is 314 g/mol. The number of hydrogen-bond acceptors (Lipinski definition) is 1. The molecule has 0 unspecified atom stereocenters. The summed E-state index contributed by atoms with van der Waals surface area (Å²) in [5.74, 6) is 0.106. The fourth-order valence-corrected chi connectivity index (χ4v) is 2.87. The quantitative estimate of drug-likeness (QED) is 0.778. The zero-order chi connectivity index (χ0) is 13.1. The Kier molecular flexibility index (Phi) is 4.68. The first kappa shape index (κ1) is 13.9. The predicted octanol–water partition coefficient (Wildman–Crippen LogP) is 4.51. The molecule has 0 spiro atoms. The topological polar surface area (TPSA) is 20.3 Å². The van der Waals surface area contributed by atoms with Gasteiger partial charge in [-0.05, 0) is 37.5 Å². The van der Waals surface area contributed by atoms with Gasteiger partial charge in [0.05, 0.1) is 0 Å². The molecule has 1 aromatic rings. The minimum Gasteiger partial charge on any atom is -0.336 e. The summed E-state index contributed by atoms with van der Waals surface area (Å²) in [4.78, 5) is 14.5. The Balaban J connectivity index is 2.16. The number of benzene rings is 1. The molecule has 2 rings (SSSR count). The van der Waals surface area contributed by atoms with Crippen LogP contribution in [-0.4, -0.2) is 23.4 Å². The highest BCUT2D eigenvalue weighted by Crippen LogP contribution is 2.29. The molecule has 0 bridgehead atoms. The average Bonchev–Trinajstić information content (AvgIpc) is 3.12. The Bertz CT molecular complexity index is 425. The lowest BCUT2D eigenvalue weighted by Gasteiger charge is -2.22. The Labute approximate surface area is 121 Å². The molecule has 98 valence electrons. The number of halogens is 2. The van der Waals surface area contributed by atoms with Crippen LogP contribution in [0.5, 0.6) is 0 Å². The third-order valence-electron chi connectivity index (χ3n) is 3.11. The summed E-state index contributed by atoms with van der Waals surface area (Å²) >= 11 is 9.38. The highest BCUT2D eigenvalue weighted by Gasteiger charge is 2.32. The second-order valence-electron chi connectivity index (χ2n) is 4.74. The normalized spacial score (nSPS) is 14.6. The van der Waals surface area contributed by atoms with Crippen molar-refractivity contribution in [2.75, 3.05) is 6.54 Å². The van der Waals surface area contributed by atoms with Crippen LogP contribution in [0.1, 0.15) is 43.0 Å². The maximum atomic E-state index is 12.5. The standard InChI is InChI=1S/C14H17BrClNO/c1-2-3-6-17(13-4-5-13)14(18)10-7-11(15)9-12(16)8-10/h7-9,13H,2-6H2,1H3. The lowest BCUT2D eigenvalue weighted by Crippen LogP contribution is -2.34. The number of amides is 1. The molecule has 1 aliphatic carbocycles. The van der Waals surface area contributed by atoms with Gasteiger partial charge in [-0.25, -0.2) is 0 Å². The van der Waals surface area contributed by atoms with Crippen molar-refractivity contribution in [1.29, 1.82) is 0 Å². The van der Waals surface area contributed by atoms with E-state index in [-0.39, 0.29) is 5.91 Å². The van der Waals surface area contributed by atoms with Crippen LogP contribution < -0.4 is 0 Å². The molecule has 1 saturated carbocycles. The summed E-state index contributed by atoms with van der Waals surface area (Å²) in [6.07, 6.45) is 4.44. The van der Waals surface area contributed by atoms with Crippen molar-refractivity contribution in [2.45, 2.75) is 38.6 Å². The molecule has 1 fully saturated rings. The van der Waals surface area contributed by atoms with Gasteiger partial charge >= 0.3 is 0 Å². The van der Waals surface area contributed by atoms with E-state index in [4.69, 9.17) is 11.6 Å².